The second-order valence-corrected chi connectivity index (χ2v) is 5.68. The molecule has 0 aromatic heterocycles. The van der Waals surface area contributed by atoms with Crippen molar-refractivity contribution in [3.8, 4) is 0 Å². The van der Waals surface area contributed by atoms with Gasteiger partial charge in [-0.15, -0.1) is 24.0 Å². The number of carbonyl (C=O) groups is 2. The van der Waals surface area contributed by atoms with Crippen LogP contribution < -0.4 is 5.32 Å². The molecule has 0 aromatic rings. The van der Waals surface area contributed by atoms with Crippen molar-refractivity contribution in [2.75, 3.05) is 39.4 Å². The van der Waals surface area contributed by atoms with E-state index in [4.69, 9.17) is 9.47 Å². The molecule has 1 fully saturated rings. The largest absolute Gasteiger partial charge is 0.466 e. The van der Waals surface area contributed by atoms with E-state index >= 15 is 0 Å². The molecule has 0 radical (unpaired) electrons. The van der Waals surface area contributed by atoms with E-state index in [0.717, 1.165) is 31.9 Å². The number of hydrogen-bond donors (Lipinski definition) is 1. The predicted octanol–water partition coefficient (Wildman–Crippen LogP) is 2.19. The van der Waals surface area contributed by atoms with Crippen LogP contribution >= 0.6 is 24.0 Å². The van der Waals surface area contributed by atoms with Crippen LogP contribution in [0.2, 0.25) is 0 Å². The highest BCUT2D eigenvalue weighted by Gasteiger charge is 2.28. The third-order valence-corrected chi connectivity index (χ3v) is 3.78. The molecule has 1 saturated heterocycles. The SMILES string of the molecule is CCNC(=NCCCC(=O)OCC)N1CCCC(C(=O)OCC)C1.I. The van der Waals surface area contributed by atoms with Gasteiger partial charge in [0.15, 0.2) is 5.96 Å². The molecule has 25 heavy (non-hydrogen) atoms. The van der Waals surface area contributed by atoms with Gasteiger partial charge < -0.3 is 19.7 Å². The van der Waals surface area contributed by atoms with Gasteiger partial charge in [0.05, 0.1) is 19.1 Å². The van der Waals surface area contributed by atoms with E-state index < -0.39 is 0 Å². The zero-order valence-corrected chi connectivity index (χ0v) is 17.9. The van der Waals surface area contributed by atoms with Crippen LogP contribution in [0.1, 0.15) is 46.5 Å². The second kappa shape index (κ2) is 14.1. The summed E-state index contributed by atoms with van der Waals surface area (Å²) in [4.78, 5) is 30.0. The molecular weight excluding hydrogens is 437 g/mol. The van der Waals surface area contributed by atoms with Crippen LogP contribution in [0, 0.1) is 5.92 Å². The molecule has 1 aliphatic rings. The van der Waals surface area contributed by atoms with E-state index in [1.54, 1.807) is 6.92 Å². The molecule has 1 heterocycles. The van der Waals surface area contributed by atoms with Crippen molar-refractivity contribution in [2.24, 2.45) is 10.9 Å². The zero-order chi connectivity index (χ0) is 17.8. The number of piperidine rings is 1. The predicted molar refractivity (Wildman–Crippen MR) is 108 cm³/mol. The van der Waals surface area contributed by atoms with Gasteiger partial charge in [-0.2, -0.15) is 0 Å². The molecule has 0 bridgehead atoms. The van der Waals surface area contributed by atoms with E-state index in [1.807, 2.05) is 13.8 Å². The van der Waals surface area contributed by atoms with Crippen LogP contribution in [-0.4, -0.2) is 62.2 Å². The molecule has 0 amide bonds. The average Bonchev–Trinajstić information content (AvgIpc) is 2.58. The standard InChI is InChI=1S/C17H31N3O4.HI/c1-4-18-17(19-11-7-10-15(21)23-5-2)20-12-8-9-14(13-20)16(22)24-6-3;/h14H,4-13H2,1-3H3,(H,18,19);1H. The van der Waals surface area contributed by atoms with Crippen LogP contribution in [0.15, 0.2) is 4.99 Å². The Balaban J connectivity index is 0.00000576. The molecule has 1 rings (SSSR count). The van der Waals surface area contributed by atoms with Crippen molar-refractivity contribution >= 4 is 41.9 Å². The van der Waals surface area contributed by atoms with Crippen molar-refractivity contribution in [3.05, 3.63) is 0 Å². The Labute approximate surface area is 167 Å². The summed E-state index contributed by atoms with van der Waals surface area (Å²) in [6, 6.07) is 0. The van der Waals surface area contributed by atoms with E-state index in [2.05, 4.69) is 15.2 Å². The average molecular weight is 469 g/mol. The normalized spacial score (nSPS) is 17.5. The van der Waals surface area contributed by atoms with Crippen LogP contribution in [-0.2, 0) is 19.1 Å². The van der Waals surface area contributed by atoms with Crippen molar-refractivity contribution in [1.82, 2.24) is 10.2 Å². The lowest BCUT2D eigenvalue weighted by molar-refractivity contribution is -0.149. The number of halogens is 1. The maximum absolute atomic E-state index is 12.0. The lowest BCUT2D eigenvalue weighted by Crippen LogP contribution is -2.48. The maximum atomic E-state index is 12.0. The zero-order valence-electron chi connectivity index (χ0n) is 15.6. The molecule has 1 atom stereocenters. The van der Waals surface area contributed by atoms with Gasteiger partial charge in [0.2, 0.25) is 0 Å². The highest BCUT2D eigenvalue weighted by atomic mass is 127. The number of nitrogens with zero attached hydrogens (tertiary/aromatic N) is 2. The summed E-state index contributed by atoms with van der Waals surface area (Å²) in [5, 5.41) is 3.26. The summed E-state index contributed by atoms with van der Waals surface area (Å²) < 4.78 is 10.1. The Morgan fingerprint density at radius 1 is 1.20 bits per heavy atom. The van der Waals surface area contributed by atoms with Crippen LogP contribution in [0.25, 0.3) is 0 Å². The molecule has 8 heteroatoms. The first-order chi connectivity index (χ1) is 11.6. The molecular formula is C17H32IN3O4. The number of hydrogen-bond acceptors (Lipinski definition) is 5. The van der Waals surface area contributed by atoms with E-state index in [1.165, 1.54) is 0 Å². The molecule has 0 saturated carbocycles. The molecule has 0 spiro atoms. The Bertz CT molecular complexity index is 432. The number of ether oxygens (including phenoxy) is 2. The summed E-state index contributed by atoms with van der Waals surface area (Å²) in [7, 11) is 0. The Kier molecular flexibility index (Phi) is 13.5. The summed E-state index contributed by atoms with van der Waals surface area (Å²) in [6.07, 6.45) is 2.83. The van der Waals surface area contributed by atoms with Gasteiger partial charge in [-0.1, -0.05) is 0 Å². The fraction of sp³-hybridized carbons (Fsp3) is 0.824. The number of aliphatic imine (C=N–C) groups is 1. The lowest BCUT2D eigenvalue weighted by Gasteiger charge is -2.34. The van der Waals surface area contributed by atoms with Gasteiger partial charge in [0.1, 0.15) is 0 Å². The second-order valence-electron chi connectivity index (χ2n) is 5.68. The number of carbonyl (C=O) groups excluding carboxylic acids is 2. The monoisotopic (exact) mass is 469 g/mol. The smallest absolute Gasteiger partial charge is 0.310 e. The van der Waals surface area contributed by atoms with E-state index in [-0.39, 0.29) is 41.8 Å². The maximum Gasteiger partial charge on any atom is 0.310 e. The Hall–Kier alpha value is -1.06. The molecule has 1 aliphatic heterocycles. The molecule has 0 aromatic carbocycles. The van der Waals surface area contributed by atoms with Gasteiger partial charge in [0.25, 0.3) is 0 Å². The molecule has 1 N–H and O–H groups in total. The molecule has 0 aliphatic carbocycles. The van der Waals surface area contributed by atoms with Crippen molar-refractivity contribution in [2.45, 2.75) is 46.5 Å². The first-order valence-corrected chi connectivity index (χ1v) is 8.97. The minimum atomic E-state index is -0.182. The third kappa shape index (κ3) is 9.27. The van der Waals surface area contributed by atoms with Gasteiger partial charge in [-0.05, 0) is 40.0 Å². The molecule has 146 valence electrons. The minimum Gasteiger partial charge on any atom is -0.466 e. The van der Waals surface area contributed by atoms with Crippen molar-refractivity contribution in [3.63, 3.8) is 0 Å². The van der Waals surface area contributed by atoms with Crippen LogP contribution in [0.5, 0.6) is 0 Å². The Morgan fingerprint density at radius 2 is 1.92 bits per heavy atom. The number of nitrogens with one attached hydrogen (secondary N) is 1. The number of likely N-dealkylation sites (tertiary alicyclic amines) is 1. The van der Waals surface area contributed by atoms with Crippen LogP contribution in [0.4, 0.5) is 0 Å². The van der Waals surface area contributed by atoms with E-state index in [0.29, 0.717) is 39.1 Å². The highest BCUT2D eigenvalue weighted by Crippen LogP contribution is 2.18. The summed E-state index contributed by atoms with van der Waals surface area (Å²) in [5.41, 5.74) is 0. The Morgan fingerprint density at radius 3 is 2.56 bits per heavy atom. The van der Waals surface area contributed by atoms with Crippen LogP contribution in [0.3, 0.4) is 0 Å². The van der Waals surface area contributed by atoms with Gasteiger partial charge in [-0.25, -0.2) is 0 Å². The van der Waals surface area contributed by atoms with Gasteiger partial charge >= 0.3 is 11.9 Å². The number of guanidine groups is 1. The summed E-state index contributed by atoms with van der Waals surface area (Å²) in [6.45, 7) is 9.29. The quantitative estimate of drug-likeness (QED) is 0.193. The van der Waals surface area contributed by atoms with Gasteiger partial charge in [-0.3, -0.25) is 14.6 Å². The third-order valence-electron chi connectivity index (χ3n) is 3.78. The fourth-order valence-electron chi connectivity index (χ4n) is 2.69. The number of rotatable bonds is 8. The molecule has 7 nitrogen and oxygen atoms in total. The van der Waals surface area contributed by atoms with Crippen molar-refractivity contribution in [1.29, 1.82) is 0 Å². The van der Waals surface area contributed by atoms with Crippen molar-refractivity contribution < 1.29 is 19.1 Å². The summed E-state index contributed by atoms with van der Waals surface area (Å²) in [5.74, 6) is 0.399. The lowest BCUT2D eigenvalue weighted by atomic mass is 9.98. The first kappa shape index (κ1) is 23.9. The number of esters is 2. The summed E-state index contributed by atoms with van der Waals surface area (Å²) >= 11 is 0. The van der Waals surface area contributed by atoms with Gasteiger partial charge in [0, 0.05) is 32.6 Å². The first-order valence-electron chi connectivity index (χ1n) is 8.97. The fourth-order valence-corrected chi connectivity index (χ4v) is 2.69. The van der Waals surface area contributed by atoms with E-state index in [9.17, 15) is 9.59 Å². The topological polar surface area (TPSA) is 80.2 Å². The highest BCUT2D eigenvalue weighted by molar-refractivity contribution is 14.0. The molecule has 1 unspecified atom stereocenters. The minimum absolute atomic E-state index is 0.